The molecule has 1 aliphatic carbocycles. The van der Waals surface area contributed by atoms with E-state index in [1.54, 1.807) is 5.56 Å². The van der Waals surface area contributed by atoms with Crippen LogP contribution in [0.3, 0.4) is 0 Å². The van der Waals surface area contributed by atoms with Crippen molar-refractivity contribution in [3.8, 4) is 0 Å². The molecule has 0 radical (unpaired) electrons. The van der Waals surface area contributed by atoms with Crippen molar-refractivity contribution in [2.24, 2.45) is 11.1 Å². The van der Waals surface area contributed by atoms with Crippen LogP contribution in [-0.4, -0.2) is 6.54 Å². The van der Waals surface area contributed by atoms with E-state index in [2.05, 4.69) is 32.9 Å². The summed E-state index contributed by atoms with van der Waals surface area (Å²) in [5.41, 5.74) is 12.3. The molecule has 0 heterocycles. The highest BCUT2D eigenvalue weighted by molar-refractivity contribution is 5.37. The molecule has 1 saturated carbocycles. The lowest BCUT2D eigenvalue weighted by atomic mass is 9.77. The van der Waals surface area contributed by atoms with Crippen LogP contribution >= 0.6 is 0 Å². The van der Waals surface area contributed by atoms with E-state index in [4.69, 9.17) is 5.73 Å². The van der Waals surface area contributed by atoms with Gasteiger partial charge in [-0.3, -0.25) is 0 Å². The van der Waals surface area contributed by atoms with Crippen LogP contribution in [0.5, 0.6) is 0 Å². The fraction of sp³-hybridized carbons (Fsp3) is 0.667. The van der Waals surface area contributed by atoms with E-state index in [1.165, 1.54) is 61.6 Å². The second kappa shape index (κ2) is 6.09. The minimum atomic E-state index is 0.554. The van der Waals surface area contributed by atoms with Gasteiger partial charge >= 0.3 is 0 Å². The Balaban J connectivity index is 2.09. The summed E-state index contributed by atoms with van der Waals surface area (Å²) in [5, 5.41) is 0. The average Bonchev–Trinajstić information content (AvgIpc) is 2.77. The smallest absolute Gasteiger partial charge is 0.00720 e. The highest BCUT2D eigenvalue weighted by atomic mass is 14.5. The van der Waals surface area contributed by atoms with E-state index in [1.807, 2.05) is 0 Å². The van der Waals surface area contributed by atoms with Crippen molar-refractivity contribution >= 4 is 0 Å². The summed E-state index contributed by atoms with van der Waals surface area (Å²) in [6.45, 7) is 7.57. The molecular weight excluding hydrogens is 230 g/mol. The number of hydrogen-bond donors (Lipinski definition) is 1. The van der Waals surface area contributed by atoms with Crippen molar-refractivity contribution < 1.29 is 0 Å². The Morgan fingerprint density at radius 3 is 2.11 bits per heavy atom. The molecule has 2 rings (SSSR count). The van der Waals surface area contributed by atoms with Crippen molar-refractivity contribution in [3.05, 3.63) is 34.4 Å². The number of hydrogen-bond acceptors (Lipinski definition) is 1. The quantitative estimate of drug-likeness (QED) is 0.830. The van der Waals surface area contributed by atoms with Crippen molar-refractivity contribution in [1.82, 2.24) is 0 Å². The van der Waals surface area contributed by atoms with Gasteiger partial charge in [0.1, 0.15) is 0 Å². The first-order valence-electron chi connectivity index (χ1n) is 7.83. The van der Waals surface area contributed by atoms with Crippen molar-refractivity contribution in [2.75, 3.05) is 6.54 Å². The van der Waals surface area contributed by atoms with Crippen molar-refractivity contribution in [1.29, 1.82) is 0 Å². The molecule has 1 fully saturated rings. The van der Waals surface area contributed by atoms with Crippen LogP contribution in [0.1, 0.15) is 60.8 Å². The molecule has 1 aromatic rings. The van der Waals surface area contributed by atoms with Gasteiger partial charge in [0, 0.05) is 0 Å². The Hall–Kier alpha value is -0.820. The van der Waals surface area contributed by atoms with Crippen LogP contribution in [0.25, 0.3) is 0 Å². The fourth-order valence-electron chi connectivity index (χ4n) is 4.05. The molecule has 1 aliphatic rings. The zero-order chi connectivity index (χ0) is 13.9. The van der Waals surface area contributed by atoms with Gasteiger partial charge in [0.25, 0.3) is 0 Å². The van der Waals surface area contributed by atoms with Crippen LogP contribution in [0, 0.1) is 26.2 Å². The summed E-state index contributed by atoms with van der Waals surface area (Å²) in [7, 11) is 0. The highest BCUT2D eigenvalue weighted by Crippen LogP contribution is 2.44. The second-order valence-electron chi connectivity index (χ2n) is 6.62. The molecule has 0 spiro atoms. The zero-order valence-electron chi connectivity index (χ0n) is 12.9. The van der Waals surface area contributed by atoms with Gasteiger partial charge < -0.3 is 5.73 Å². The maximum Gasteiger partial charge on any atom is -0.00720 e. The third kappa shape index (κ3) is 3.39. The van der Waals surface area contributed by atoms with Crippen LogP contribution in [0.2, 0.25) is 0 Å². The number of nitrogens with two attached hydrogens (primary N) is 1. The van der Waals surface area contributed by atoms with Crippen LogP contribution in [0.15, 0.2) is 12.1 Å². The van der Waals surface area contributed by atoms with Crippen LogP contribution < -0.4 is 5.73 Å². The van der Waals surface area contributed by atoms with Gasteiger partial charge in [-0.1, -0.05) is 30.5 Å². The van der Waals surface area contributed by atoms with E-state index >= 15 is 0 Å². The molecule has 0 saturated heterocycles. The van der Waals surface area contributed by atoms with E-state index in [0.29, 0.717) is 5.41 Å². The average molecular weight is 259 g/mol. The maximum atomic E-state index is 5.84. The van der Waals surface area contributed by atoms with Crippen molar-refractivity contribution in [3.63, 3.8) is 0 Å². The van der Waals surface area contributed by atoms with E-state index in [-0.39, 0.29) is 0 Å². The molecule has 0 bridgehead atoms. The summed E-state index contributed by atoms with van der Waals surface area (Å²) >= 11 is 0. The molecule has 0 amide bonds. The first-order valence-corrected chi connectivity index (χ1v) is 7.83. The van der Waals surface area contributed by atoms with E-state index < -0.39 is 0 Å². The van der Waals surface area contributed by atoms with Gasteiger partial charge in [0.2, 0.25) is 0 Å². The predicted octanol–water partition coefficient (Wildman–Crippen LogP) is 4.45. The second-order valence-corrected chi connectivity index (χ2v) is 6.62. The predicted molar refractivity (Wildman–Crippen MR) is 83.5 cm³/mol. The third-order valence-electron chi connectivity index (χ3n) is 5.08. The number of benzene rings is 1. The molecule has 19 heavy (non-hydrogen) atoms. The Morgan fingerprint density at radius 1 is 1.00 bits per heavy atom. The van der Waals surface area contributed by atoms with Gasteiger partial charge in [0.05, 0.1) is 0 Å². The molecule has 1 nitrogen and oxygen atoms in total. The van der Waals surface area contributed by atoms with Gasteiger partial charge in [-0.05, 0) is 81.5 Å². The molecule has 0 aliphatic heterocycles. The zero-order valence-corrected chi connectivity index (χ0v) is 12.9. The molecule has 0 unspecified atom stereocenters. The highest BCUT2D eigenvalue weighted by Gasteiger charge is 2.32. The summed E-state index contributed by atoms with van der Waals surface area (Å²) in [4.78, 5) is 0. The molecular formula is C18H29N. The van der Waals surface area contributed by atoms with Gasteiger partial charge in [-0.15, -0.1) is 0 Å². The van der Waals surface area contributed by atoms with Crippen molar-refractivity contribution in [2.45, 2.75) is 65.7 Å². The molecule has 106 valence electrons. The summed E-state index contributed by atoms with van der Waals surface area (Å²) in [6, 6.07) is 4.65. The molecule has 2 N–H and O–H groups in total. The van der Waals surface area contributed by atoms with E-state index in [9.17, 15) is 0 Å². The summed E-state index contributed by atoms with van der Waals surface area (Å²) in [6.07, 6.45) is 9.39. The molecule has 1 aromatic carbocycles. The lowest BCUT2D eigenvalue weighted by Crippen LogP contribution is -2.22. The Morgan fingerprint density at radius 2 is 1.58 bits per heavy atom. The summed E-state index contributed by atoms with van der Waals surface area (Å²) in [5.74, 6) is 0. The minimum Gasteiger partial charge on any atom is -0.330 e. The normalized spacial score (nSPS) is 17.9. The van der Waals surface area contributed by atoms with Crippen LogP contribution in [-0.2, 0) is 6.42 Å². The number of rotatable bonds is 5. The monoisotopic (exact) mass is 259 g/mol. The van der Waals surface area contributed by atoms with Gasteiger partial charge in [-0.2, -0.15) is 0 Å². The lowest BCUT2D eigenvalue weighted by Gasteiger charge is -2.29. The first kappa shape index (κ1) is 14.6. The summed E-state index contributed by atoms with van der Waals surface area (Å²) < 4.78 is 0. The van der Waals surface area contributed by atoms with Gasteiger partial charge in [0.15, 0.2) is 0 Å². The lowest BCUT2D eigenvalue weighted by molar-refractivity contribution is 0.253. The third-order valence-corrected chi connectivity index (χ3v) is 5.08. The molecule has 0 atom stereocenters. The maximum absolute atomic E-state index is 5.84. The minimum absolute atomic E-state index is 0.554. The molecule has 0 aromatic heterocycles. The first-order chi connectivity index (χ1) is 9.06. The topological polar surface area (TPSA) is 26.0 Å². The van der Waals surface area contributed by atoms with Crippen LogP contribution in [0.4, 0.5) is 0 Å². The largest absolute Gasteiger partial charge is 0.330 e. The molecule has 1 heteroatoms. The van der Waals surface area contributed by atoms with E-state index in [0.717, 1.165) is 6.54 Å². The number of aryl methyl sites for hydroxylation is 3. The SMILES string of the molecule is Cc1cc(C)c(CCC2(CCN)CCCC2)c(C)c1. The Labute approximate surface area is 118 Å². The standard InChI is InChI=1S/C18H29N/c1-14-12-15(2)17(16(3)13-14)6-9-18(10-11-19)7-4-5-8-18/h12-13H,4-11,19H2,1-3H3. The Kier molecular flexibility index (Phi) is 4.67. The van der Waals surface area contributed by atoms with Gasteiger partial charge in [-0.25, -0.2) is 0 Å². The Bertz CT molecular complexity index is 404. The fourth-order valence-corrected chi connectivity index (χ4v) is 4.05.